The molecule has 4 rings (SSSR count). The second-order valence-electron chi connectivity index (χ2n) is 5.92. The molecule has 0 radical (unpaired) electrons. The predicted octanol–water partition coefficient (Wildman–Crippen LogP) is 7.35. The molecule has 0 saturated carbocycles. The van der Waals surface area contributed by atoms with E-state index in [2.05, 4.69) is 79.4 Å². The number of rotatable bonds is 3. The third-order valence-electron chi connectivity index (χ3n) is 4.13. The van der Waals surface area contributed by atoms with Crippen molar-refractivity contribution >= 4 is 6.08 Å². The molecule has 0 amide bonds. The molecule has 26 heavy (non-hydrogen) atoms. The summed E-state index contributed by atoms with van der Waals surface area (Å²) >= 11 is 0. The largest absolute Gasteiger partial charge is 0.0985 e. The highest BCUT2D eigenvalue weighted by molar-refractivity contribution is 5.70. The second-order valence-corrected chi connectivity index (χ2v) is 5.92. The maximum atomic E-state index is 3.63. The van der Waals surface area contributed by atoms with Crippen molar-refractivity contribution in [2.45, 2.75) is 0 Å². The van der Waals surface area contributed by atoms with Crippen LogP contribution in [0.25, 0.3) is 28.3 Å². The van der Waals surface area contributed by atoms with Crippen LogP contribution >= 0.6 is 0 Å². The number of hydrogen-bond acceptors (Lipinski definition) is 0. The summed E-state index contributed by atoms with van der Waals surface area (Å²) in [5.74, 6) is 0. The Bertz CT molecular complexity index is 847. The summed E-state index contributed by atoms with van der Waals surface area (Å²) in [6, 6.07) is 39.7. The van der Waals surface area contributed by atoms with Crippen molar-refractivity contribution < 1.29 is 0 Å². The average molecular weight is 334 g/mol. The Balaban J connectivity index is 0.000000206. The Labute approximate surface area is 156 Å². The molecular formula is C26H22. The lowest BCUT2D eigenvalue weighted by Gasteiger charge is -2.04. The van der Waals surface area contributed by atoms with Crippen molar-refractivity contribution in [2.24, 2.45) is 0 Å². The van der Waals surface area contributed by atoms with Crippen LogP contribution in [0.4, 0.5) is 0 Å². The van der Waals surface area contributed by atoms with Crippen LogP contribution in [-0.4, -0.2) is 0 Å². The molecule has 0 unspecified atom stereocenters. The molecule has 0 nitrogen and oxygen atoms in total. The van der Waals surface area contributed by atoms with Gasteiger partial charge in [0.2, 0.25) is 0 Å². The summed E-state index contributed by atoms with van der Waals surface area (Å²) in [4.78, 5) is 0. The van der Waals surface area contributed by atoms with E-state index in [1.807, 2.05) is 48.5 Å². The van der Waals surface area contributed by atoms with Crippen molar-refractivity contribution in [3.05, 3.63) is 127 Å². The van der Waals surface area contributed by atoms with Gasteiger partial charge in [-0.2, -0.15) is 0 Å². The first-order valence-corrected chi connectivity index (χ1v) is 8.75. The summed E-state index contributed by atoms with van der Waals surface area (Å²) in [7, 11) is 0. The van der Waals surface area contributed by atoms with Crippen LogP contribution < -0.4 is 0 Å². The summed E-state index contributed by atoms with van der Waals surface area (Å²) in [5, 5.41) is 0. The molecule has 0 aromatic heterocycles. The van der Waals surface area contributed by atoms with Crippen LogP contribution in [0.3, 0.4) is 0 Å². The van der Waals surface area contributed by atoms with Crippen molar-refractivity contribution in [1.82, 2.24) is 0 Å². The standard InChI is InChI=1S/C18H14.C8H8/c1-3-7-15(8-4-1)17-11-13-18(14-12-17)16-9-5-2-6-10-16;1-2-8-6-4-3-5-7-8/h1-14H;2-7H,1H2. The average Bonchev–Trinajstić information content (AvgIpc) is 2.76. The van der Waals surface area contributed by atoms with Gasteiger partial charge in [-0.1, -0.05) is 128 Å². The van der Waals surface area contributed by atoms with Crippen LogP contribution in [-0.2, 0) is 0 Å². The third-order valence-corrected chi connectivity index (χ3v) is 4.13. The fourth-order valence-electron chi connectivity index (χ4n) is 2.71. The number of benzene rings is 4. The molecular weight excluding hydrogens is 312 g/mol. The van der Waals surface area contributed by atoms with Crippen LogP contribution in [0.2, 0.25) is 0 Å². The lowest BCUT2D eigenvalue weighted by Crippen LogP contribution is -1.79. The van der Waals surface area contributed by atoms with E-state index in [4.69, 9.17) is 0 Å². The van der Waals surface area contributed by atoms with Gasteiger partial charge in [0, 0.05) is 0 Å². The van der Waals surface area contributed by atoms with Crippen molar-refractivity contribution in [3.63, 3.8) is 0 Å². The number of hydrogen-bond donors (Lipinski definition) is 0. The molecule has 0 heteroatoms. The van der Waals surface area contributed by atoms with Gasteiger partial charge < -0.3 is 0 Å². The quantitative estimate of drug-likeness (QED) is 0.367. The lowest BCUT2D eigenvalue weighted by molar-refractivity contribution is 1.59. The predicted molar refractivity (Wildman–Crippen MR) is 114 cm³/mol. The van der Waals surface area contributed by atoms with Gasteiger partial charge in [0.25, 0.3) is 0 Å². The zero-order chi connectivity index (χ0) is 18.0. The first kappa shape index (κ1) is 17.4. The minimum absolute atomic E-state index is 1.17. The zero-order valence-corrected chi connectivity index (χ0v) is 14.8. The van der Waals surface area contributed by atoms with Crippen LogP contribution in [0, 0.1) is 0 Å². The molecule has 126 valence electrons. The maximum absolute atomic E-state index is 3.63. The van der Waals surface area contributed by atoms with E-state index >= 15 is 0 Å². The Morgan fingerprint density at radius 1 is 0.385 bits per heavy atom. The van der Waals surface area contributed by atoms with Gasteiger partial charge in [-0.3, -0.25) is 0 Å². The molecule has 0 saturated heterocycles. The summed E-state index contributed by atoms with van der Waals surface area (Å²) < 4.78 is 0. The van der Waals surface area contributed by atoms with Crippen molar-refractivity contribution in [2.75, 3.05) is 0 Å². The van der Waals surface area contributed by atoms with E-state index in [0.717, 1.165) is 0 Å². The van der Waals surface area contributed by atoms with Crippen molar-refractivity contribution in [1.29, 1.82) is 0 Å². The molecule has 0 fully saturated rings. The van der Waals surface area contributed by atoms with E-state index in [9.17, 15) is 0 Å². The molecule has 4 aromatic carbocycles. The third kappa shape index (κ3) is 4.81. The van der Waals surface area contributed by atoms with Gasteiger partial charge in [0.1, 0.15) is 0 Å². The topological polar surface area (TPSA) is 0 Å². The molecule has 0 aliphatic carbocycles. The normalized spacial score (nSPS) is 9.69. The van der Waals surface area contributed by atoms with E-state index in [1.54, 1.807) is 0 Å². The molecule has 0 N–H and O–H groups in total. The Hall–Kier alpha value is -3.38. The monoisotopic (exact) mass is 334 g/mol. The first-order valence-electron chi connectivity index (χ1n) is 8.75. The Kier molecular flexibility index (Phi) is 6.17. The van der Waals surface area contributed by atoms with Gasteiger partial charge in [-0.05, 0) is 27.8 Å². The lowest BCUT2D eigenvalue weighted by atomic mass is 10.0. The van der Waals surface area contributed by atoms with Gasteiger partial charge >= 0.3 is 0 Å². The maximum Gasteiger partial charge on any atom is -0.0184 e. The first-order chi connectivity index (χ1) is 12.9. The minimum Gasteiger partial charge on any atom is -0.0985 e. The minimum atomic E-state index is 1.17. The van der Waals surface area contributed by atoms with Crippen LogP contribution in [0.15, 0.2) is 122 Å². The highest BCUT2D eigenvalue weighted by Crippen LogP contribution is 2.24. The van der Waals surface area contributed by atoms with Gasteiger partial charge in [0.15, 0.2) is 0 Å². The summed E-state index contributed by atoms with van der Waals surface area (Å²) in [5.41, 5.74) is 6.22. The fourth-order valence-corrected chi connectivity index (χ4v) is 2.71. The highest BCUT2D eigenvalue weighted by Gasteiger charge is 1.98. The van der Waals surface area contributed by atoms with Gasteiger partial charge in [-0.15, -0.1) is 0 Å². The highest BCUT2D eigenvalue weighted by atomic mass is 14.0. The van der Waals surface area contributed by atoms with E-state index in [0.29, 0.717) is 0 Å². The van der Waals surface area contributed by atoms with Crippen LogP contribution in [0.5, 0.6) is 0 Å². The van der Waals surface area contributed by atoms with Crippen LogP contribution in [0.1, 0.15) is 5.56 Å². The molecule has 0 aliphatic rings. The molecule has 0 bridgehead atoms. The molecule has 0 spiro atoms. The Morgan fingerprint density at radius 3 is 1.00 bits per heavy atom. The Morgan fingerprint density at radius 2 is 0.692 bits per heavy atom. The van der Waals surface area contributed by atoms with Gasteiger partial charge in [0.05, 0.1) is 0 Å². The van der Waals surface area contributed by atoms with Gasteiger partial charge in [-0.25, -0.2) is 0 Å². The van der Waals surface area contributed by atoms with Crippen molar-refractivity contribution in [3.8, 4) is 22.3 Å². The van der Waals surface area contributed by atoms with E-state index in [1.165, 1.54) is 27.8 Å². The summed E-state index contributed by atoms with van der Waals surface area (Å²) in [6.45, 7) is 3.63. The molecule has 0 atom stereocenters. The zero-order valence-electron chi connectivity index (χ0n) is 14.8. The molecule has 0 heterocycles. The van der Waals surface area contributed by atoms with E-state index < -0.39 is 0 Å². The molecule has 4 aromatic rings. The van der Waals surface area contributed by atoms with E-state index in [-0.39, 0.29) is 0 Å². The smallest absolute Gasteiger partial charge is 0.0184 e. The molecule has 0 aliphatic heterocycles. The fraction of sp³-hybridized carbons (Fsp3) is 0. The SMILES string of the molecule is C=Cc1ccccc1.c1ccc(-c2ccc(-c3ccccc3)cc2)cc1. The second kappa shape index (κ2) is 9.19. The summed E-state index contributed by atoms with van der Waals surface area (Å²) in [6.07, 6.45) is 1.83.